The molecular formula is C41H40N2O8S2. The third kappa shape index (κ3) is 9.99. The molecule has 274 valence electrons. The molecular weight excluding hydrogens is 713 g/mol. The molecule has 5 aromatic carbocycles. The predicted octanol–water partition coefficient (Wildman–Crippen LogP) is 7.05. The molecule has 5 aromatic rings. The molecule has 1 amide bonds. The van der Waals surface area contributed by atoms with Crippen LogP contribution in [-0.4, -0.2) is 48.4 Å². The number of carboxylic acids is 1. The Bertz CT molecular complexity index is 2130. The molecule has 0 unspecified atom stereocenters. The van der Waals surface area contributed by atoms with Crippen LogP contribution >= 0.6 is 11.8 Å². The van der Waals surface area contributed by atoms with Crippen molar-refractivity contribution < 1.29 is 37.7 Å². The van der Waals surface area contributed by atoms with Gasteiger partial charge in [-0.2, -0.15) is 4.72 Å². The monoisotopic (exact) mass is 752 g/mol. The van der Waals surface area contributed by atoms with Crippen LogP contribution in [0.25, 0.3) is 0 Å². The Morgan fingerprint density at radius 2 is 1.55 bits per heavy atom. The van der Waals surface area contributed by atoms with E-state index in [1.807, 2.05) is 67.6 Å². The van der Waals surface area contributed by atoms with E-state index in [0.717, 1.165) is 22.3 Å². The van der Waals surface area contributed by atoms with Gasteiger partial charge in [-0.25, -0.2) is 13.2 Å². The van der Waals surface area contributed by atoms with Crippen LogP contribution in [0.15, 0.2) is 137 Å². The molecule has 0 bridgehead atoms. The van der Waals surface area contributed by atoms with Crippen LogP contribution in [0.2, 0.25) is 0 Å². The summed E-state index contributed by atoms with van der Waals surface area (Å²) in [6.45, 7) is 1.78. The minimum Gasteiger partial charge on any atom is -0.478 e. The van der Waals surface area contributed by atoms with Crippen LogP contribution in [0.1, 0.15) is 57.0 Å². The fraction of sp³-hybridized carbons (Fsp3) is 0.220. The number of hydrogen-bond donors (Lipinski definition) is 4. The maximum absolute atomic E-state index is 13.8. The Labute approximate surface area is 313 Å². The van der Waals surface area contributed by atoms with E-state index < -0.39 is 34.2 Å². The van der Waals surface area contributed by atoms with Crippen LogP contribution in [0, 0.1) is 6.92 Å². The number of aryl methyl sites for hydroxylation is 1. The van der Waals surface area contributed by atoms with Gasteiger partial charge in [0.1, 0.15) is 6.04 Å². The maximum Gasteiger partial charge on any atom is 0.336 e. The number of nitrogens with one attached hydrogen (secondary N) is 2. The average Bonchev–Trinajstić information content (AvgIpc) is 3.17. The van der Waals surface area contributed by atoms with Crippen molar-refractivity contribution in [3.63, 3.8) is 0 Å². The molecule has 1 saturated heterocycles. The van der Waals surface area contributed by atoms with Gasteiger partial charge in [-0.1, -0.05) is 96.6 Å². The van der Waals surface area contributed by atoms with Crippen molar-refractivity contribution in [1.29, 1.82) is 0 Å². The first-order valence-electron chi connectivity index (χ1n) is 17.1. The SMILES string of the molecule is Cc1ccc(S(=O)(=O)N[C@H](Cc2ccccc2)C(=O)Nc2cccc([C@H]3O[C@@H](CSc4ccccc4C(=O)O)C[C@@H](c4ccc(CO)cc4)O3)c2)cc1. The van der Waals surface area contributed by atoms with E-state index in [4.69, 9.17) is 9.47 Å². The van der Waals surface area contributed by atoms with E-state index in [0.29, 0.717) is 28.3 Å². The van der Waals surface area contributed by atoms with Crippen molar-refractivity contribution in [2.24, 2.45) is 0 Å². The fourth-order valence-electron chi connectivity index (χ4n) is 5.98. The second-order valence-corrected chi connectivity index (χ2v) is 15.5. The highest BCUT2D eigenvalue weighted by atomic mass is 32.2. The van der Waals surface area contributed by atoms with Gasteiger partial charge in [-0.3, -0.25) is 4.79 Å². The fourth-order valence-corrected chi connectivity index (χ4v) is 8.24. The first-order chi connectivity index (χ1) is 25.6. The van der Waals surface area contributed by atoms with Crippen molar-refractivity contribution in [3.05, 3.63) is 161 Å². The Balaban J connectivity index is 1.23. The second kappa shape index (κ2) is 17.3. The lowest BCUT2D eigenvalue weighted by Crippen LogP contribution is -2.45. The lowest BCUT2D eigenvalue weighted by Gasteiger charge is -2.36. The van der Waals surface area contributed by atoms with Crippen molar-refractivity contribution in [2.45, 2.75) is 60.7 Å². The normalized spacial score (nSPS) is 17.9. The number of aromatic carboxylic acids is 1. The largest absolute Gasteiger partial charge is 0.478 e. The summed E-state index contributed by atoms with van der Waals surface area (Å²) in [5, 5.41) is 22.2. The molecule has 0 spiro atoms. The summed E-state index contributed by atoms with van der Waals surface area (Å²) in [4.78, 5) is 26.4. The topological polar surface area (TPSA) is 151 Å². The first-order valence-corrected chi connectivity index (χ1v) is 19.5. The number of amides is 1. The van der Waals surface area contributed by atoms with Gasteiger partial charge in [-0.15, -0.1) is 11.8 Å². The molecule has 1 aliphatic heterocycles. The van der Waals surface area contributed by atoms with Crippen molar-refractivity contribution >= 4 is 39.3 Å². The Morgan fingerprint density at radius 1 is 0.830 bits per heavy atom. The number of anilines is 1. The minimum absolute atomic E-state index is 0.0577. The highest BCUT2D eigenvalue weighted by Gasteiger charge is 2.33. The smallest absolute Gasteiger partial charge is 0.336 e. The summed E-state index contributed by atoms with van der Waals surface area (Å²) in [6, 6.07) is 35.8. The minimum atomic E-state index is -4.03. The number of aliphatic hydroxyl groups excluding tert-OH is 1. The Hall–Kier alpha value is -4.82. The number of ether oxygens (including phenoxy) is 2. The van der Waals surface area contributed by atoms with Gasteiger partial charge >= 0.3 is 5.97 Å². The van der Waals surface area contributed by atoms with Gasteiger partial charge in [0, 0.05) is 28.3 Å². The van der Waals surface area contributed by atoms with E-state index >= 15 is 0 Å². The highest BCUT2D eigenvalue weighted by molar-refractivity contribution is 7.99. The molecule has 4 N–H and O–H groups in total. The second-order valence-electron chi connectivity index (χ2n) is 12.8. The summed E-state index contributed by atoms with van der Waals surface area (Å²) >= 11 is 1.39. The third-order valence-corrected chi connectivity index (χ3v) is 11.5. The number of benzene rings is 5. The van der Waals surface area contributed by atoms with Crippen LogP contribution in [0.5, 0.6) is 0 Å². The summed E-state index contributed by atoms with van der Waals surface area (Å²) < 4.78 is 42.4. The predicted molar refractivity (Wildman–Crippen MR) is 203 cm³/mol. The lowest BCUT2D eigenvalue weighted by atomic mass is 10.0. The van der Waals surface area contributed by atoms with Gasteiger partial charge in [0.05, 0.1) is 29.3 Å². The van der Waals surface area contributed by atoms with Crippen molar-refractivity contribution in [2.75, 3.05) is 11.1 Å². The summed E-state index contributed by atoms with van der Waals surface area (Å²) in [6.07, 6.45) is -0.952. The van der Waals surface area contributed by atoms with E-state index in [1.165, 1.54) is 23.9 Å². The summed E-state index contributed by atoms with van der Waals surface area (Å²) in [5.74, 6) is -1.09. The third-order valence-electron chi connectivity index (χ3n) is 8.81. The zero-order chi connectivity index (χ0) is 37.4. The van der Waals surface area contributed by atoms with E-state index in [1.54, 1.807) is 54.6 Å². The van der Waals surface area contributed by atoms with Crippen LogP contribution in [0.3, 0.4) is 0 Å². The standard InChI is InChI=1S/C41H40N2O8S2/c1-27-14-20-34(21-15-27)53(48,49)43-36(22-28-8-3-2-4-9-28)39(45)42-32-11-7-10-31(23-32)41-50-33(26-52-38-13-6-5-12-35(38)40(46)47)24-37(51-41)30-18-16-29(25-44)17-19-30/h2-21,23,33,36-37,41,43-44H,22,24-26H2,1H3,(H,42,45)(H,46,47)/t33-,36-,37+,41+/m1/s1. The molecule has 53 heavy (non-hydrogen) atoms. The number of thioether (sulfide) groups is 1. The van der Waals surface area contributed by atoms with Gasteiger partial charge < -0.3 is 25.0 Å². The molecule has 6 rings (SSSR count). The highest BCUT2D eigenvalue weighted by Crippen LogP contribution is 2.40. The van der Waals surface area contributed by atoms with E-state index in [-0.39, 0.29) is 35.7 Å². The summed E-state index contributed by atoms with van der Waals surface area (Å²) in [7, 11) is -4.03. The Morgan fingerprint density at radius 3 is 2.26 bits per heavy atom. The van der Waals surface area contributed by atoms with Gasteiger partial charge in [0.15, 0.2) is 6.29 Å². The zero-order valence-corrected chi connectivity index (χ0v) is 30.6. The number of carbonyl (C=O) groups is 2. The molecule has 0 saturated carbocycles. The van der Waals surface area contributed by atoms with Crippen LogP contribution < -0.4 is 10.0 Å². The van der Waals surface area contributed by atoms with Crippen molar-refractivity contribution in [3.8, 4) is 0 Å². The summed E-state index contributed by atoms with van der Waals surface area (Å²) in [5.41, 5.74) is 4.61. The number of sulfonamides is 1. The molecule has 0 radical (unpaired) electrons. The number of carboxylic acid groups (broad SMARTS) is 1. The molecule has 1 heterocycles. The number of rotatable bonds is 14. The molecule has 0 aliphatic carbocycles. The molecule has 1 fully saturated rings. The van der Waals surface area contributed by atoms with Gasteiger partial charge in [0.2, 0.25) is 15.9 Å². The zero-order valence-electron chi connectivity index (χ0n) is 28.9. The lowest BCUT2D eigenvalue weighted by molar-refractivity contribution is -0.245. The van der Waals surface area contributed by atoms with E-state index in [9.17, 15) is 28.2 Å². The quantitative estimate of drug-likeness (QED) is 0.0875. The molecule has 0 aromatic heterocycles. The molecule has 10 nitrogen and oxygen atoms in total. The molecule has 1 aliphatic rings. The number of aliphatic hydroxyl groups is 1. The van der Waals surface area contributed by atoms with Gasteiger partial charge in [0.25, 0.3) is 0 Å². The van der Waals surface area contributed by atoms with Crippen LogP contribution in [0.4, 0.5) is 5.69 Å². The van der Waals surface area contributed by atoms with Crippen molar-refractivity contribution in [1.82, 2.24) is 4.72 Å². The maximum atomic E-state index is 13.8. The number of carbonyl (C=O) groups excluding carboxylic acids is 1. The number of hydrogen-bond acceptors (Lipinski definition) is 8. The first kappa shape index (κ1) is 37.9. The van der Waals surface area contributed by atoms with E-state index in [2.05, 4.69) is 10.0 Å². The average molecular weight is 753 g/mol. The molecule has 4 atom stereocenters. The Kier molecular flexibility index (Phi) is 12.4. The van der Waals surface area contributed by atoms with Crippen LogP contribution in [-0.2, 0) is 37.3 Å². The molecule has 12 heteroatoms. The van der Waals surface area contributed by atoms with Gasteiger partial charge in [-0.05, 0) is 66.4 Å².